The number of aromatic nitrogens is 3. The number of esters is 1. The molecule has 3 heterocycles. The summed E-state index contributed by atoms with van der Waals surface area (Å²) in [6.07, 6.45) is 5.69. The van der Waals surface area contributed by atoms with Crippen LogP contribution in [0.3, 0.4) is 0 Å². The number of unbranched alkanes of at least 4 members (excludes halogenated alkanes) is 1. The van der Waals surface area contributed by atoms with E-state index in [1.54, 1.807) is 36.4 Å². The van der Waals surface area contributed by atoms with E-state index in [-0.39, 0.29) is 18.2 Å². The zero-order chi connectivity index (χ0) is 28.9. The Kier molecular flexibility index (Phi) is 9.10. The molecule has 13 nitrogen and oxygen atoms in total. The van der Waals surface area contributed by atoms with Crippen molar-refractivity contribution in [2.45, 2.75) is 56.8 Å². The molecule has 4 rings (SSSR count). The van der Waals surface area contributed by atoms with Crippen LogP contribution in [0.5, 0.6) is 5.75 Å². The van der Waals surface area contributed by atoms with Crippen LogP contribution in [0.15, 0.2) is 48.9 Å². The predicted octanol–water partition coefficient (Wildman–Crippen LogP) is 2.16. The Hall–Kier alpha value is -3.50. The Morgan fingerprint density at radius 2 is 2.10 bits per heavy atom. The van der Waals surface area contributed by atoms with E-state index in [0.717, 1.165) is 6.42 Å². The van der Waals surface area contributed by atoms with Crippen LogP contribution < -0.4 is 15.3 Å². The smallest absolute Gasteiger partial charge is 0.459 e. The van der Waals surface area contributed by atoms with Gasteiger partial charge in [0.25, 0.3) is 0 Å². The molecular formula is C26H32N5O8P. The van der Waals surface area contributed by atoms with Gasteiger partial charge in [-0.1, -0.05) is 37.5 Å². The number of rotatable bonds is 12. The van der Waals surface area contributed by atoms with Crippen LogP contribution in [-0.4, -0.2) is 67.8 Å². The lowest BCUT2D eigenvalue weighted by atomic mass is 9.95. The van der Waals surface area contributed by atoms with Gasteiger partial charge in [-0.15, -0.1) is 6.42 Å². The minimum atomic E-state index is -4.26. The van der Waals surface area contributed by atoms with Crippen LogP contribution in [0, 0.1) is 12.3 Å². The highest BCUT2D eigenvalue weighted by atomic mass is 31.2. The van der Waals surface area contributed by atoms with Crippen molar-refractivity contribution in [3.63, 3.8) is 0 Å². The number of aliphatic hydroxyl groups is 2. The van der Waals surface area contributed by atoms with Crippen molar-refractivity contribution in [3.8, 4) is 18.1 Å². The maximum atomic E-state index is 13.8. The van der Waals surface area contributed by atoms with Gasteiger partial charge in [0.05, 0.1) is 18.6 Å². The average molecular weight is 574 g/mol. The fourth-order valence-corrected chi connectivity index (χ4v) is 5.63. The predicted molar refractivity (Wildman–Crippen MR) is 145 cm³/mol. The monoisotopic (exact) mass is 573 g/mol. The fraction of sp³-hybridized carbons (Fsp3) is 0.423. The maximum absolute atomic E-state index is 13.8. The molecule has 1 aromatic carbocycles. The molecule has 0 amide bonds. The molecule has 3 aromatic rings. The second-order valence-electron chi connectivity index (χ2n) is 9.23. The van der Waals surface area contributed by atoms with Crippen molar-refractivity contribution < 1.29 is 38.1 Å². The minimum absolute atomic E-state index is 0.201. The molecule has 214 valence electrons. The Labute approximate surface area is 231 Å². The lowest BCUT2D eigenvalue weighted by Crippen LogP contribution is -2.46. The average Bonchev–Trinajstić information content (AvgIpc) is 3.48. The van der Waals surface area contributed by atoms with E-state index in [1.807, 2.05) is 6.92 Å². The highest BCUT2D eigenvalue weighted by molar-refractivity contribution is 7.52. The maximum Gasteiger partial charge on any atom is 0.459 e. The summed E-state index contributed by atoms with van der Waals surface area (Å²) in [5.41, 5.74) is 4.01. The largest absolute Gasteiger partial charge is 0.465 e. The van der Waals surface area contributed by atoms with E-state index in [1.165, 1.54) is 24.0 Å². The number of carbonyl (C=O) groups excluding carboxylic acids is 1. The summed E-state index contributed by atoms with van der Waals surface area (Å²) >= 11 is 0. The van der Waals surface area contributed by atoms with Crippen LogP contribution in [0.4, 0.5) is 5.82 Å². The summed E-state index contributed by atoms with van der Waals surface area (Å²) in [6.45, 7) is 3.09. The summed E-state index contributed by atoms with van der Waals surface area (Å²) in [5.74, 6) is 1.96. The van der Waals surface area contributed by atoms with Gasteiger partial charge in [0.15, 0.2) is 11.8 Å². The third-order valence-corrected chi connectivity index (χ3v) is 7.98. The number of fused-ring (bicyclic) bond motifs is 1. The van der Waals surface area contributed by atoms with E-state index >= 15 is 0 Å². The second kappa shape index (κ2) is 12.3. The Balaban J connectivity index is 1.54. The summed E-state index contributed by atoms with van der Waals surface area (Å²) in [5, 5.41) is 25.3. The number of nitrogens with one attached hydrogen (secondary N) is 1. The van der Waals surface area contributed by atoms with E-state index in [4.69, 9.17) is 30.7 Å². The van der Waals surface area contributed by atoms with E-state index < -0.39 is 50.4 Å². The van der Waals surface area contributed by atoms with Gasteiger partial charge in [0, 0.05) is 6.20 Å². The molecule has 40 heavy (non-hydrogen) atoms. The summed E-state index contributed by atoms with van der Waals surface area (Å²) in [7, 11) is -4.26. The van der Waals surface area contributed by atoms with Crippen molar-refractivity contribution in [3.05, 3.63) is 48.9 Å². The highest BCUT2D eigenvalue weighted by Crippen LogP contribution is 2.47. The number of nitrogen functional groups attached to an aromatic ring is 1. The van der Waals surface area contributed by atoms with Crippen molar-refractivity contribution in [1.82, 2.24) is 19.6 Å². The van der Waals surface area contributed by atoms with Gasteiger partial charge in [-0.25, -0.2) is 14.5 Å². The number of hydrogen-bond acceptors (Lipinski definition) is 11. The first-order valence-electron chi connectivity index (χ1n) is 12.7. The zero-order valence-electron chi connectivity index (χ0n) is 22.0. The van der Waals surface area contributed by atoms with E-state index in [2.05, 4.69) is 21.0 Å². The second-order valence-corrected chi connectivity index (χ2v) is 10.9. The lowest BCUT2D eigenvalue weighted by molar-refractivity contribution is -0.145. The highest BCUT2D eigenvalue weighted by Gasteiger charge is 2.56. The number of ether oxygens (including phenoxy) is 2. The Morgan fingerprint density at radius 3 is 2.80 bits per heavy atom. The van der Waals surface area contributed by atoms with Gasteiger partial charge in [-0.3, -0.25) is 9.32 Å². The van der Waals surface area contributed by atoms with Crippen molar-refractivity contribution in [2.24, 2.45) is 0 Å². The number of benzene rings is 1. The molecule has 1 aliphatic rings. The molecule has 0 saturated carbocycles. The van der Waals surface area contributed by atoms with Gasteiger partial charge in [0.1, 0.15) is 41.8 Å². The molecule has 0 aliphatic carbocycles. The van der Waals surface area contributed by atoms with Gasteiger partial charge in [-0.05, 0) is 31.5 Å². The summed E-state index contributed by atoms with van der Waals surface area (Å²) in [6, 6.07) is 8.75. The van der Waals surface area contributed by atoms with Crippen LogP contribution in [0.25, 0.3) is 11.0 Å². The SMILES string of the molecule is C#C[C@@]1(O)[C@H](O)[C@@H](COP(=O)(N[C@@H](C)C(=O)OCCCC)Oc2ccccc2)O[C@H]1n1ccc2c(N)ncnc21. The van der Waals surface area contributed by atoms with Crippen LogP contribution >= 0.6 is 7.75 Å². The molecule has 0 radical (unpaired) electrons. The number of aliphatic hydroxyl groups excluding tert-OH is 1. The minimum Gasteiger partial charge on any atom is -0.465 e. The third kappa shape index (κ3) is 6.13. The molecule has 6 atom stereocenters. The van der Waals surface area contributed by atoms with E-state index in [0.29, 0.717) is 17.5 Å². The first-order valence-corrected chi connectivity index (χ1v) is 14.2. The molecule has 1 unspecified atom stereocenters. The van der Waals surface area contributed by atoms with Crippen molar-refractivity contribution in [2.75, 3.05) is 18.9 Å². The number of nitrogens with two attached hydrogens (primary N) is 1. The topological polar surface area (TPSA) is 180 Å². The molecule has 1 aliphatic heterocycles. The number of para-hydroxylation sites is 1. The third-order valence-electron chi connectivity index (χ3n) is 6.33. The normalized spacial score (nSPS) is 24.7. The first kappa shape index (κ1) is 29.5. The number of terminal acetylenes is 1. The Morgan fingerprint density at radius 1 is 1.35 bits per heavy atom. The number of carbonyl (C=O) groups is 1. The zero-order valence-corrected chi connectivity index (χ0v) is 22.9. The molecule has 5 N–H and O–H groups in total. The molecule has 0 bridgehead atoms. The van der Waals surface area contributed by atoms with Gasteiger partial charge < -0.3 is 34.5 Å². The summed E-state index contributed by atoms with van der Waals surface area (Å²) in [4.78, 5) is 20.6. The van der Waals surface area contributed by atoms with Crippen LogP contribution in [-0.2, 0) is 23.4 Å². The first-order chi connectivity index (χ1) is 19.1. The van der Waals surface area contributed by atoms with Crippen LogP contribution in [0.2, 0.25) is 0 Å². The van der Waals surface area contributed by atoms with E-state index in [9.17, 15) is 19.6 Å². The molecule has 14 heteroatoms. The molecule has 1 saturated heterocycles. The standard InChI is InChI=1S/C26H32N5O8P/c1-4-6-14-36-24(33)17(3)30-40(35,39-18-10-8-7-9-11-18)37-15-20-21(32)26(34,5-2)25(38-20)31-13-12-19-22(27)28-16-29-23(19)31/h2,7-13,16-17,20-21,25,32,34H,4,6,14-15H2,1,3H3,(H,30,35)(H2,27,28,29)/t17-,20+,21+,25+,26+,40?/m0/s1. The van der Waals surface area contributed by atoms with Gasteiger partial charge >= 0.3 is 13.7 Å². The molecule has 1 fully saturated rings. The Bertz CT molecular complexity index is 1410. The van der Waals surface area contributed by atoms with Gasteiger partial charge in [0.2, 0.25) is 0 Å². The van der Waals surface area contributed by atoms with Crippen molar-refractivity contribution >= 4 is 30.6 Å². The quantitative estimate of drug-likeness (QED) is 0.107. The number of anilines is 1. The van der Waals surface area contributed by atoms with Crippen LogP contribution in [0.1, 0.15) is 32.9 Å². The number of nitrogens with zero attached hydrogens (tertiary/aromatic N) is 3. The molecular weight excluding hydrogens is 541 g/mol. The summed E-state index contributed by atoms with van der Waals surface area (Å²) < 4.78 is 37.6. The molecule has 0 spiro atoms. The molecule has 2 aromatic heterocycles. The van der Waals surface area contributed by atoms with Crippen molar-refractivity contribution in [1.29, 1.82) is 0 Å². The lowest BCUT2D eigenvalue weighted by Gasteiger charge is -2.26. The van der Waals surface area contributed by atoms with Gasteiger partial charge in [-0.2, -0.15) is 5.09 Å². The number of hydrogen-bond donors (Lipinski definition) is 4. The fourth-order valence-electron chi connectivity index (χ4n) is 4.13.